The average molecular weight is 450 g/mol. The Morgan fingerprint density at radius 1 is 1.15 bits per heavy atom. The van der Waals surface area contributed by atoms with Gasteiger partial charge in [0.15, 0.2) is 11.5 Å². The Morgan fingerprint density at radius 2 is 2.00 bits per heavy atom. The first-order chi connectivity index (χ1) is 15.9. The molecule has 0 spiro atoms. The summed E-state index contributed by atoms with van der Waals surface area (Å²) in [5.74, 6) is -0.454. The van der Waals surface area contributed by atoms with Crippen LogP contribution in [0.5, 0.6) is 0 Å². The highest BCUT2D eigenvalue weighted by atomic mass is 19.1. The monoisotopic (exact) mass is 450 g/mol. The average Bonchev–Trinajstić information content (AvgIpc) is 3.44. The molecule has 4 heterocycles. The molecule has 33 heavy (non-hydrogen) atoms. The fourth-order valence-corrected chi connectivity index (χ4v) is 4.15. The van der Waals surface area contributed by atoms with Crippen LogP contribution in [0.15, 0.2) is 59.7 Å². The molecule has 1 aromatic carbocycles. The summed E-state index contributed by atoms with van der Waals surface area (Å²) in [4.78, 5) is 30.5. The van der Waals surface area contributed by atoms with E-state index >= 15 is 0 Å². The van der Waals surface area contributed by atoms with Gasteiger partial charge < -0.3 is 14.8 Å². The zero-order valence-corrected chi connectivity index (χ0v) is 17.7. The Kier molecular flexibility index (Phi) is 5.12. The number of hydrogen-bond acceptors (Lipinski definition) is 5. The lowest BCUT2D eigenvalue weighted by atomic mass is 10.0. The van der Waals surface area contributed by atoms with Crippen LogP contribution in [0.1, 0.15) is 34.8 Å². The zero-order chi connectivity index (χ0) is 23.1. The number of nitrogens with zero attached hydrogens (tertiary/aromatic N) is 5. The molecule has 1 N–H and O–H groups in total. The summed E-state index contributed by atoms with van der Waals surface area (Å²) >= 11 is 0. The van der Waals surface area contributed by atoms with Crippen molar-refractivity contribution in [3.63, 3.8) is 0 Å². The molecule has 1 aliphatic heterocycles. The Balaban J connectivity index is 1.46. The molecule has 0 radical (unpaired) electrons. The second-order valence-corrected chi connectivity index (χ2v) is 7.94. The normalized spacial score (nSPS) is 15.8. The van der Waals surface area contributed by atoms with Gasteiger partial charge in [0, 0.05) is 31.4 Å². The van der Waals surface area contributed by atoms with E-state index in [0.717, 1.165) is 18.6 Å². The number of carbonyl (C=O) groups excluding carboxylic acids is 1. The molecule has 4 aromatic rings. The zero-order valence-electron chi connectivity index (χ0n) is 17.7. The lowest BCUT2D eigenvalue weighted by molar-refractivity contribution is 0.102. The van der Waals surface area contributed by atoms with Crippen molar-refractivity contribution in [1.29, 1.82) is 0 Å². The van der Waals surface area contributed by atoms with Gasteiger partial charge in [0.05, 0.1) is 17.8 Å². The smallest absolute Gasteiger partial charge is 0.258 e. The van der Waals surface area contributed by atoms with Crippen molar-refractivity contribution >= 4 is 23.2 Å². The number of nitrogens with one attached hydrogen (secondary N) is 1. The summed E-state index contributed by atoms with van der Waals surface area (Å²) in [7, 11) is 1.56. The molecule has 168 valence electrons. The first kappa shape index (κ1) is 20.8. The fraction of sp³-hybridized carbons (Fsp3) is 0.217. The van der Waals surface area contributed by atoms with Crippen LogP contribution in [0.25, 0.3) is 5.65 Å². The van der Waals surface area contributed by atoms with E-state index in [2.05, 4.69) is 15.4 Å². The van der Waals surface area contributed by atoms with Crippen LogP contribution in [0.3, 0.4) is 0 Å². The number of pyridine rings is 1. The molecule has 0 saturated carbocycles. The number of anilines is 2. The SMILES string of the molecule is Cn1cc(C(=O)Nc2cnc3ccc(N4CCCC4c4cc(F)ccc4F)nn23)ccc1=O. The number of aromatic nitrogens is 4. The van der Waals surface area contributed by atoms with E-state index in [4.69, 9.17) is 0 Å². The van der Waals surface area contributed by atoms with E-state index in [1.165, 1.54) is 39.7 Å². The maximum atomic E-state index is 14.4. The number of imidazole rings is 1. The highest BCUT2D eigenvalue weighted by molar-refractivity contribution is 6.03. The summed E-state index contributed by atoms with van der Waals surface area (Å²) in [6.45, 7) is 0.633. The van der Waals surface area contributed by atoms with Crippen molar-refractivity contribution in [2.24, 2.45) is 7.05 Å². The minimum atomic E-state index is -0.486. The molecule has 1 unspecified atom stereocenters. The molecule has 1 fully saturated rings. The lowest BCUT2D eigenvalue weighted by Gasteiger charge is -2.26. The quantitative estimate of drug-likeness (QED) is 0.516. The van der Waals surface area contributed by atoms with Gasteiger partial charge in [-0.1, -0.05) is 0 Å². The van der Waals surface area contributed by atoms with Gasteiger partial charge in [-0.2, -0.15) is 4.52 Å². The Hall–Kier alpha value is -4.08. The number of aryl methyl sites for hydroxylation is 1. The molecule has 1 aliphatic rings. The highest BCUT2D eigenvalue weighted by Gasteiger charge is 2.30. The van der Waals surface area contributed by atoms with E-state index in [0.29, 0.717) is 41.4 Å². The molecule has 1 saturated heterocycles. The first-order valence-corrected chi connectivity index (χ1v) is 10.4. The number of amides is 1. The van der Waals surface area contributed by atoms with Gasteiger partial charge in [0.1, 0.15) is 17.5 Å². The standard InChI is InChI=1S/C23H20F2N6O2/c1-29-13-14(4-9-22(29)32)23(33)27-21-12-26-19-7-8-20(28-31(19)21)30-10-2-3-18(30)16-11-15(24)5-6-17(16)25/h4-9,11-13,18H,2-3,10H2,1H3,(H,27,33). The lowest BCUT2D eigenvalue weighted by Crippen LogP contribution is -2.25. The van der Waals surface area contributed by atoms with Gasteiger partial charge in [-0.05, 0) is 49.2 Å². The predicted molar refractivity (Wildman–Crippen MR) is 118 cm³/mol. The third-order valence-corrected chi connectivity index (χ3v) is 5.80. The van der Waals surface area contributed by atoms with Crippen molar-refractivity contribution in [3.8, 4) is 0 Å². The van der Waals surface area contributed by atoms with Crippen molar-refractivity contribution in [2.45, 2.75) is 18.9 Å². The predicted octanol–water partition coefficient (Wildman–Crippen LogP) is 3.30. The molecular weight excluding hydrogens is 430 g/mol. The van der Waals surface area contributed by atoms with Crippen molar-refractivity contribution in [1.82, 2.24) is 19.2 Å². The van der Waals surface area contributed by atoms with Crippen molar-refractivity contribution in [3.05, 3.63) is 88.0 Å². The van der Waals surface area contributed by atoms with E-state index in [9.17, 15) is 18.4 Å². The number of rotatable bonds is 4. The highest BCUT2D eigenvalue weighted by Crippen LogP contribution is 2.36. The molecular formula is C23H20F2N6O2. The minimum Gasteiger partial charge on any atom is -0.348 e. The topological polar surface area (TPSA) is 84.5 Å². The number of hydrogen-bond donors (Lipinski definition) is 1. The van der Waals surface area contributed by atoms with Crippen LogP contribution >= 0.6 is 0 Å². The van der Waals surface area contributed by atoms with E-state index < -0.39 is 17.5 Å². The van der Waals surface area contributed by atoms with Crippen LogP contribution < -0.4 is 15.8 Å². The van der Waals surface area contributed by atoms with Crippen LogP contribution in [0.4, 0.5) is 20.4 Å². The molecule has 1 amide bonds. The summed E-state index contributed by atoms with van der Waals surface area (Å²) in [6.07, 6.45) is 4.41. The molecule has 3 aromatic heterocycles. The van der Waals surface area contributed by atoms with Crippen LogP contribution in [0, 0.1) is 11.6 Å². The van der Waals surface area contributed by atoms with Crippen molar-refractivity contribution < 1.29 is 13.6 Å². The van der Waals surface area contributed by atoms with Crippen LogP contribution in [0.2, 0.25) is 0 Å². The molecule has 0 aliphatic carbocycles. The molecule has 1 atom stereocenters. The van der Waals surface area contributed by atoms with Gasteiger partial charge >= 0.3 is 0 Å². The number of benzene rings is 1. The largest absolute Gasteiger partial charge is 0.348 e. The second kappa shape index (κ2) is 8.12. The van der Waals surface area contributed by atoms with E-state index in [1.54, 1.807) is 19.2 Å². The van der Waals surface area contributed by atoms with Crippen molar-refractivity contribution in [2.75, 3.05) is 16.8 Å². The van der Waals surface area contributed by atoms with Crippen LogP contribution in [-0.2, 0) is 7.05 Å². The first-order valence-electron chi connectivity index (χ1n) is 10.4. The Bertz CT molecular complexity index is 1430. The Morgan fingerprint density at radius 3 is 2.82 bits per heavy atom. The molecule has 10 heteroatoms. The Labute approximate surface area is 187 Å². The van der Waals surface area contributed by atoms with Gasteiger partial charge in [0.25, 0.3) is 5.91 Å². The second-order valence-electron chi connectivity index (χ2n) is 7.94. The van der Waals surface area contributed by atoms with Gasteiger partial charge in [-0.25, -0.2) is 13.8 Å². The summed E-state index contributed by atoms with van der Waals surface area (Å²) in [5.41, 5.74) is 0.900. The third kappa shape index (κ3) is 3.84. The summed E-state index contributed by atoms with van der Waals surface area (Å²) in [6, 6.07) is 9.41. The minimum absolute atomic E-state index is 0.220. The van der Waals surface area contributed by atoms with Gasteiger partial charge in [-0.15, -0.1) is 5.10 Å². The number of halogens is 2. The van der Waals surface area contributed by atoms with Crippen LogP contribution in [-0.4, -0.2) is 31.6 Å². The fourth-order valence-electron chi connectivity index (χ4n) is 4.15. The maximum absolute atomic E-state index is 14.4. The third-order valence-electron chi connectivity index (χ3n) is 5.80. The maximum Gasteiger partial charge on any atom is 0.258 e. The summed E-state index contributed by atoms with van der Waals surface area (Å²) in [5, 5.41) is 7.38. The molecule has 0 bridgehead atoms. The summed E-state index contributed by atoms with van der Waals surface area (Å²) < 4.78 is 31.0. The van der Waals surface area contributed by atoms with E-state index in [-0.39, 0.29) is 11.6 Å². The van der Waals surface area contributed by atoms with Gasteiger partial charge in [-0.3, -0.25) is 9.59 Å². The number of fused-ring (bicyclic) bond motifs is 1. The number of carbonyl (C=O) groups is 1. The molecule has 8 nitrogen and oxygen atoms in total. The molecule has 5 rings (SSSR count). The van der Waals surface area contributed by atoms with Gasteiger partial charge in [0.2, 0.25) is 5.56 Å². The van der Waals surface area contributed by atoms with E-state index in [1.807, 2.05) is 4.90 Å².